The Bertz CT molecular complexity index is 366. The predicted octanol–water partition coefficient (Wildman–Crippen LogP) is 2.11. The fourth-order valence-electron chi connectivity index (χ4n) is 1.92. The Morgan fingerprint density at radius 2 is 2.25 bits per heavy atom. The van der Waals surface area contributed by atoms with Crippen LogP contribution in [-0.2, 0) is 0 Å². The van der Waals surface area contributed by atoms with Crippen LogP contribution in [0.5, 0.6) is 5.75 Å². The summed E-state index contributed by atoms with van der Waals surface area (Å²) >= 11 is 3.50. The molecule has 88 valence electrons. The SMILES string of the molecule is COc1ccc(Br)cc1N(C)CC1CNC1. The summed E-state index contributed by atoms with van der Waals surface area (Å²) in [6, 6.07) is 6.10. The van der Waals surface area contributed by atoms with Gasteiger partial charge in [0, 0.05) is 37.1 Å². The van der Waals surface area contributed by atoms with E-state index >= 15 is 0 Å². The van der Waals surface area contributed by atoms with E-state index in [1.54, 1.807) is 7.11 Å². The Morgan fingerprint density at radius 3 is 2.81 bits per heavy atom. The molecule has 0 unspecified atom stereocenters. The van der Waals surface area contributed by atoms with Crippen molar-refractivity contribution < 1.29 is 4.74 Å². The number of rotatable bonds is 4. The van der Waals surface area contributed by atoms with Crippen LogP contribution in [0.2, 0.25) is 0 Å². The Morgan fingerprint density at radius 1 is 1.50 bits per heavy atom. The van der Waals surface area contributed by atoms with E-state index in [4.69, 9.17) is 4.74 Å². The number of nitrogens with zero attached hydrogens (tertiary/aromatic N) is 1. The summed E-state index contributed by atoms with van der Waals surface area (Å²) in [4.78, 5) is 2.26. The minimum atomic E-state index is 0.758. The molecule has 0 atom stereocenters. The number of nitrogens with one attached hydrogen (secondary N) is 1. The Hall–Kier alpha value is -0.740. The monoisotopic (exact) mass is 284 g/mol. The van der Waals surface area contributed by atoms with Gasteiger partial charge in [-0.2, -0.15) is 0 Å². The second kappa shape index (κ2) is 5.06. The van der Waals surface area contributed by atoms with Crippen molar-refractivity contribution in [2.24, 2.45) is 5.92 Å². The second-order valence-electron chi connectivity index (χ2n) is 4.22. The first-order chi connectivity index (χ1) is 7.70. The summed E-state index contributed by atoms with van der Waals surface area (Å²) in [6.07, 6.45) is 0. The summed E-state index contributed by atoms with van der Waals surface area (Å²) in [7, 11) is 3.83. The van der Waals surface area contributed by atoms with E-state index in [2.05, 4.69) is 39.3 Å². The third kappa shape index (κ3) is 2.50. The predicted molar refractivity (Wildman–Crippen MR) is 70.3 cm³/mol. The van der Waals surface area contributed by atoms with Gasteiger partial charge < -0.3 is 15.0 Å². The fraction of sp³-hybridized carbons (Fsp3) is 0.500. The van der Waals surface area contributed by atoms with Crippen LogP contribution in [0.4, 0.5) is 5.69 Å². The quantitative estimate of drug-likeness (QED) is 0.917. The average Bonchev–Trinajstić information content (AvgIpc) is 2.23. The lowest BCUT2D eigenvalue weighted by molar-refractivity contribution is 0.351. The summed E-state index contributed by atoms with van der Waals surface area (Å²) in [5.74, 6) is 1.69. The number of hydrogen-bond acceptors (Lipinski definition) is 3. The van der Waals surface area contributed by atoms with Gasteiger partial charge in [-0.25, -0.2) is 0 Å². The van der Waals surface area contributed by atoms with E-state index in [9.17, 15) is 0 Å². The maximum absolute atomic E-state index is 5.38. The molecule has 3 nitrogen and oxygen atoms in total. The maximum atomic E-state index is 5.38. The lowest BCUT2D eigenvalue weighted by Crippen LogP contribution is -2.47. The first-order valence-corrected chi connectivity index (χ1v) is 6.25. The molecule has 1 aliphatic rings. The van der Waals surface area contributed by atoms with Gasteiger partial charge in [-0.1, -0.05) is 15.9 Å². The van der Waals surface area contributed by atoms with Crippen molar-refractivity contribution in [2.75, 3.05) is 38.7 Å². The van der Waals surface area contributed by atoms with Gasteiger partial charge in [0.1, 0.15) is 5.75 Å². The molecule has 0 saturated carbocycles. The summed E-state index contributed by atoms with van der Waals surface area (Å²) in [5, 5.41) is 3.29. The molecule has 1 fully saturated rings. The molecule has 0 amide bonds. The Labute approximate surface area is 105 Å². The van der Waals surface area contributed by atoms with Crippen LogP contribution in [0.3, 0.4) is 0 Å². The van der Waals surface area contributed by atoms with Crippen LogP contribution in [-0.4, -0.2) is 33.8 Å². The first kappa shape index (κ1) is 11.7. The molecule has 4 heteroatoms. The van der Waals surface area contributed by atoms with Gasteiger partial charge >= 0.3 is 0 Å². The molecule has 0 spiro atoms. The van der Waals surface area contributed by atoms with Crippen LogP contribution in [0.25, 0.3) is 0 Å². The topological polar surface area (TPSA) is 24.5 Å². The smallest absolute Gasteiger partial charge is 0.142 e. The van der Waals surface area contributed by atoms with Crippen molar-refractivity contribution in [3.63, 3.8) is 0 Å². The van der Waals surface area contributed by atoms with Gasteiger partial charge in [0.05, 0.1) is 12.8 Å². The van der Waals surface area contributed by atoms with Gasteiger partial charge in [-0.3, -0.25) is 0 Å². The molecule has 0 bridgehead atoms. The molecule has 1 heterocycles. The van der Waals surface area contributed by atoms with E-state index in [0.717, 1.165) is 41.5 Å². The number of methoxy groups -OCH3 is 1. The molecular formula is C12H17BrN2O. The molecule has 16 heavy (non-hydrogen) atoms. The summed E-state index contributed by atoms with van der Waals surface area (Å²) in [5.41, 5.74) is 1.14. The van der Waals surface area contributed by atoms with Crippen molar-refractivity contribution in [3.8, 4) is 5.75 Å². The molecule has 0 aromatic heterocycles. The van der Waals surface area contributed by atoms with Crippen LogP contribution >= 0.6 is 15.9 Å². The maximum Gasteiger partial charge on any atom is 0.142 e. The van der Waals surface area contributed by atoms with Crippen molar-refractivity contribution in [1.82, 2.24) is 5.32 Å². The van der Waals surface area contributed by atoms with Crippen molar-refractivity contribution in [2.45, 2.75) is 0 Å². The van der Waals surface area contributed by atoms with Gasteiger partial charge in [0.25, 0.3) is 0 Å². The highest BCUT2D eigenvalue weighted by Gasteiger charge is 2.20. The van der Waals surface area contributed by atoms with Gasteiger partial charge in [0.15, 0.2) is 0 Å². The third-order valence-electron chi connectivity index (χ3n) is 2.95. The number of hydrogen-bond donors (Lipinski definition) is 1. The third-order valence-corrected chi connectivity index (χ3v) is 3.44. The van der Waals surface area contributed by atoms with Crippen LogP contribution < -0.4 is 15.0 Å². The van der Waals surface area contributed by atoms with E-state index in [1.807, 2.05) is 12.1 Å². The van der Waals surface area contributed by atoms with Gasteiger partial charge in [0.2, 0.25) is 0 Å². The average molecular weight is 285 g/mol. The molecule has 1 aromatic carbocycles. The Balaban J connectivity index is 2.13. The minimum Gasteiger partial charge on any atom is -0.495 e. The molecule has 1 N–H and O–H groups in total. The molecule has 1 aromatic rings. The van der Waals surface area contributed by atoms with Gasteiger partial charge in [-0.15, -0.1) is 0 Å². The zero-order valence-corrected chi connectivity index (χ0v) is 11.3. The lowest BCUT2D eigenvalue weighted by Gasteiger charge is -2.32. The normalized spacial score (nSPS) is 15.7. The molecule has 0 radical (unpaired) electrons. The summed E-state index contributed by atoms with van der Waals surface area (Å²) in [6.45, 7) is 3.32. The Kier molecular flexibility index (Phi) is 3.71. The highest BCUT2D eigenvalue weighted by Crippen LogP contribution is 2.31. The van der Waals surface area contributed by atoms with Crippen molar-refractivity contribution >= 4 is 21.6 Å². The molecule has 1 aliphatic heterocycles. The van der Waals surface area contributed by atoms with E-state index in [1.165, 1.54) is 0 Å². The molecule has 1 saturated heterocycles. The zero-order valence-electron chi connectivity index (χ0n) is 9.66. The minimum absolute atomic E-state index is 0.758. The van der Waals surface area contributed by atoms with Crippen LogP contribution in [0.1, 0.15) is 0 Å². The van der Waals surface area contributed by atoms with Crippen LogP contribution in [0, 0.1) is 5.92 Å². The first-order valence-electron chi connectivity index (χ1n) is 5.46. The zero-order chi connectivity index (χ0) is 11.5. The highest BCUT2D eigenvalue weighted by molar-refractivity contribution is 9.10. The van der Waals surface area contributed by atoms with Crippen molar-refractivity contribution in [3.05, 3.63) is 22.7 Å². The number of anilines is 1. The standard InChI is InChI=1S/C12H17BrN2O/c1-15(8-9-6-14-7-9)11-5-10(13)3-4-12(11)16-2/h3-5,9,14H,6-8H2,1-2H3. The van der Waals surface area contributed by atoms with E-state index < -0.39 is 0 Å². The molecule has 0 aliphatic carbocycles. The van der Waals surface area contributed by atoms with E-state index in [0.29, 0.717) is 0 Å². The van der Waals surface area contributed by atoms with Crippen molar-refractivity contribution in [1.29, 1.82) is 0 Å². The fourth-order valence-corrected chi connectivity index (χ4v) is 2.27. The van der Waals surface area contributed by atoms with E-state index in [-0.39, 0.29) is 0 Å². The van der Waals surface area contributed by atoms with Crippen LogP contribution in [0.15, 0.2) is 22.7 Å². The lowest BCUT2D eigenvalue weighted by atomic mass is 10.0. The number of benzene rings is 1. The largest absolute Gasteiger partial charge is 0.495 e. The summed E-state index contributed by atoms with van der Waals surface area (Å²) < 4.78 is 6.46. The number of halogens is 1. The molecular weight excluding hydrogens is 268 g/mol. The highest BCUT2D eigenvalue weighted by atomic mass is 79.9. The van der Waals surface area contributed by atoms with Gasteiger partial charge in [-0.05, 0) is 18.2 Å². The second-order valence-corrected chi connectivity index (χ2v) is 5.14. The number of ether oxygens (including phenoxy) is 1. The molecule has 2 rings (SSSR count).